The quantitative estimate of drug-likeness (QED) is 0.690. The minimum absolute atomic E-state index is 0.0192. The lowest BCUT2D eigenvalue weighted by molar-refractivity contribution is -0.123. The van der Waals surface area contributed by atoms with Crippen molar-refractivity contribution in [3.63, 3.8) is 0 Å². The molecule has 0 bridgehead atoms. The molecule has 2 aromatic carbocycles. The van der Waals surface area contributed by atoms with Gasteiger partial charge >= 0.3 is 5.97 Å². The van der Waals surface area contributed by atoms with E-state index < -0.39 is 28.0 Å². The van der Waals surface area contributed by atoms with E-state index in [1.165, 1.54) is 19.1 Å². The lowest BCUT2D eigenvalue weighted by Crippen LogP contribution is -2.30. The summed E-state index contributed by atoms with van der Waals surface area (Å²) in [6.45, 7) is 5.52. The second-order valence-corrected chi connectivity index (χ2v) is 8.47. The number of primary sulfonamides is 1. The number of nitrogens with two attached hydrogens (primary N) is 1. The van der Waals surface area contributed by atoms with Gasteiger partial charge in [-0.2, -0.15) is 0 Å². The summed E-state index contributed by atoms with van der Waals surface area (Å²) in [5.41, 5.74) is 1.49. The molecule has 28 heavy (non-hydrogen) atoms. The predicted molar refractivity (Wildman–Crippen MR) is 107 cm³/mol. The fourth-order valence-corrected chi connectivity index (χ4v) is 3.05. The number of nitrogens with one attached hydrogen (secondary N) is 1. The highest BCUT2D eigenvalue weighted by Crippen LogP contribution is 2.22. The van der Waals surface area contributed by atoms with Gasteiger partial charge in [0.25, 0.3) is 5.91 Å². The molecule has 0 spiro atoms. The smallest absolute Gasteiger partial charge is 0.340 e. The van der Waals surface area contributed by atoms with Gasteiger partial charge in [-0.05, 0) is 48.7 Å². The van der Waals surface area contributed by atoms with Crippen molar-refractivity contribution in [2.24, 2.45) is 5.14 Å². The molecule has 2 aromatic rings. The summed E-state index contributed by atoms with van der Waals surface area (Å²) in [5.74, 6) is -1.11. The first-order valence-corrected chi connectivity index (χ1v) is 10.4. The Morgan fingerprint density at radius 2 is 1.68 bits per heavy atom. The van der Waals surface area contributed by atoms with Gasteiger partial charge in [-0.3, -0.25) is 4.79 Å². The van der Waals surface area contributed by atoms with Crippen molar-refractivity contribution in [1.29, 1.82) is 0 Å². The Morgan fingerprint density at radius 3 is 2.21 bits per heavy atom. The van der Waals surface area contributed by atoms with E-state index in [-0.39, 0.29) is 15.5 Å². The van der Waals surface area contributed by atoms with E-state index in [1.54, 1.807) is 12.1 Å². The molecule has 1 amide bonds. The van der Waals surface area contributed by atoms with Gasteiger partial charge in [0.1, 0.15) is 0 Å². The van der Waals surface area contributed by atoms with Gasteiger partial charge in [-0.25, -0.2) is 18.4 Å². The van der Waals surface area contributed by atoms with Crippen LogP contribution in [0.15, 0.2) is 47.4 Å². The van der Waals surface area contributed by atoms with Crippen LogP contribution in [0.5, 0.6) is 0 Å². The maximum Gasteiger partial charge on any atom is 0.340 e. The van der Waals surface area contributed by atoms with Crippen LogP contribution in [-0.4, -0.2) is 26.4 Å². The third-order valence-corrected chi connectivity index (χ3v) is 5.22. The number of benzene rings is 2. The predicted octanol–water partition coefficient (Wildman–Crippen LogP) is 3.29. The number of sulfonamides is 1. The van der Waals surface area contributed by atoms with Crippen LogP contribution in [0.1, 0.15) is 42.6 Å². The molecular weight excluding hydrogens is 404 g/mol. The second kappa shape index (κ2) is 8.72. The topological polar surface area (TPSA) is 116 Å². The molecule has 0 aliphatic rings. The first kappa shape index (κ1) is 21.9. The van der Waals surface area contributed by atoms with E-state index in [0.717, 1.165) is 11.6 Å². The van der Waals surface area contributed by atoms with Crippen LogP contribution >= 0.6 is 11.6 Å². The van der Waals surface area contributed by atoms with Gasteiger partial charge < -0.3 is 10.1 Å². The van der Waals surface area contributed by atoms with Crippen molar-refractivity contribution in [2.45, 2.75) is 37.7 Å². The molecule has 0 saturated carbocycles. The highest BCUT2D eigenvalue weighted by atomic mass is 35.5. The first-order valence-electron chi connectivity index (χ1n) is 8.43. The molecule has 1 unspecified atom stereocenters. The van der Waals surface area contributed by atoms with Crippen LogP contribution in [0.3, 0.4) is 0 Å². The zero-order valence-corrected chi connectivity index (χ0v) is 17.2. The molecule has 9 heteroatoms. The number of rotatable bonds is 6. The van der Waals surface area contributed by atoms with Crippen LogP contribution < -0.4 is 10.5 Å². The number of halogens is 1. The van der Waals surface area contributed by atoms with Gasteiger partial charge in [-0.15, -0.1) is 0 Å². The van der Waals surface area contributed by atoms with Crippen LogP contribution in [0.25, 0.3) is 0 Å². The Morgan fingerprint density at radius 1 is 1.07 bits per heavy atom. The third-order valence-electron chi connectivity index (χ3n) is 3.98. The first-order chi connectivity index (χ1) is 13.0. The Labute approximate surface area is 168 Å². The van der Waals surface area contributed by atoms with Gasteiger partial charge in [0.05, 0.1) is 15.5 Å². The zero-order valence-electron chi connectivity index (χ0n) is 15.6. The molecule has 0 heterocycles. The van der Waals surface area contributed by atoms with E-state index in [2.05, 4.69) is 19.2 Å². The highest BCUT2D eigenvalue weighted by Gasteiger charge is 2.22. The van der Waals surface area contributed by atoms with Crippen LogP contribution in [0.4, 0.5) is 5.69 Å². The van der Waals surface area contributed by atoms with E-state index in [1.807, 2.05) is 12.1 Å². The number of esters is 1. The van der Waals surface area contributed by atoms with Crippen molar-refractivity contribution in [2.75, 3.05) is 5.32 Å². The SMILES string of the molecule is CC(OC(=O)c1cc(S(N)(=O)=O)ccc1Cl)C(=O)Nc1ccc(C(C)C)cc1. The number of hydrogen-bond acceptors (Lipinski definition) is 5. The number of carbonyl (C=O) groups excluding carboxylic acids is 2. The molecule has 0 radical (unpaired) electrons. The zero-order chi connectivity index (χ0) is 21.1. The van der Waals surface area contributed by atoms with Crippen molar-refractivity contribution in [3.05, 3.63) is 58.6 Å². The Kier molecular flexibility index (Phi) is 6.82. The minimum Gasteiger partial charge on any atom is -0.449 e. The molecular formula is C19H21ClN2O5S. The summed E-state index contributed by atoms with van der Waals surface area (Å²) in [7, 11) is -4.02. The van der Waals surface area contributed by atoms with Gasteiger partial charge in [-0.1, -0.05) is 37.6 Å². The maximum atomic E-state index is 12.3. The largest absolute Gasteiger partial charge is 0.449 e. The summed E-state index contributed by atoms with van der Waals surface area (Å²) in [6, 6.07) is 10.7. The average molecular weight is 425 g/mol. The normalized spacial score (nSPS) is 12.5. The number of anilines is 1. The lowest BCUT2D eigenvalue weighted by atomic mass is 10.0. The van der Waals surface area contributed by atoms with Crippen LogP contribution in [-0.2, 0) is 19.6 Å². The van der Waals surface area contributed by atoms with E-state index >= 15 is 0 Å². The molecule has 0 aliphatic heterocycles. The fraction of sp³-hybridized carbons (Fsp3) is 0.263. The number of ether oxygens (including phenoxy) is 1. The van der Waals surface area contributed by atoms with E-state index in [9.17, 15) is 18.0 Å². The average Bonchev–Trinajstić information content (AvgIpc) is 2.61. The lowest BCUT2D eigenvalue weighted by Gasteiger charge is -2.15. The molecule has 2 rings (SSSR count). The van der Waals surface area contributed by atoms with E-state index in [4.69, 9.17) is 21.5 Å². The van der Waals surface area contributed by atoms with Gasteiger partial charge in [0.2, 0.25) is 10.0 Å². The maximum absolute atomic E-state index is 12.3. The standard InChI is InChI=1S/C19H21ClN2O5S/c1-11(2)13-4-6-14(7-5-13)22-18(23)12(3)27-19(24)16-10-15(28(21,25)26)8-9-17(16)20/h4-12H,1-3H3,(H,22,23)(H2,21,25,26). The molecule has 0 aliphatic carbocycles. The summed E-state index contributed by atoms with van der Waals surface area (Å²) in [4.78, 5) is 24.3. The number of hydrogen-bond donors (Lipinski definition) is 2. The van der Waals surface area contributed by atoms with Crippen molar-refractivity contribution >= 4 is 39.2 Å². The number of carbonyl (C=O) groups is 2. The van der Waals surface area contributed by atoms with Crippen LogP contribution in [0.2, 0.25) is 5.02 Å². The fourth-order valence-electron chi connectivity index (χ4n) is 2.31. The van der Waals surface area contributed by atoms with Crippen molar-refractivity contribution < 1.29 is 22.7 Å². The van der Waals surface area contributed by atoms with Crippen molar-refractivity contribution in [3.8, 4) is 0 Å². The molecule has 7 nitrogen and oxygen atoms in total. The Balaban J connectivity index is 2.08. The molecule has 1 atom stereocenters. The number of amides is 1. The molecule has 0 aromatic heterocycles. The molecule has 0 saturated heterocycles. The summed E-state index contributed by atoms with van der Waals surface area (Å²) in [5, 5.41) is 7.68. The summed E-state index contributed by atoms with van der Waals surface area (Å²) >= 11 is 5.94. The summed E-state index contributed by atoms with van der Waals surface area (Å²) < 4.78 is 28.0. The van der Waals surface area contributed by atoms with E-state index in [0.29, 0.717) is 11.6 Å². The molecule has 150 valence electrons. The molecule has 0 fully saturated rings. The monoisotopic (exact) mass is 424 g/mol. The third kappa shape index (κ3) is 5.54. The molecule has 3 N–H and O–H groups in total. The van der Waals surface area contributed by atoms with Gasteiger partial charge in [0, 0.05) is 5.69 Å². The van der Waals surface area contributed by atoms with Crippen LogP contribution in [0, 0.1) is 0 Å². The Hall–Kier alpha value is -2.42. The minimum atomic E-state index is -4.02. The Bertz CT molecular complexity index is 988. The van der Waals surface area contributed by atoms with Gasteiger partial charge in [0.15, 0.2) is 6.10 Å². The summed E-state index contributed by atoms with van der Waals surface area (Å²) in [6.07, 6.45) is -1.13. The van der Waals surface area contributed by atoms with Crippen molar-refractivity contribution in [1.82, 2.24) is 0 Å². The highest BCUT2D eigenvalue weighted by molar-refractivity contribution is 7.89. The second-order valence-electron chi connectivity index (χ2n) is 6.50.